The summed E-state index contributed by atoms with van der Waals surface area (Å²) in [6, 6.07) is 18.8. The highest BCUT2D eigenvalue weighted by atomic mass is 19.4. The van der Waals surface area contributed by atoms with Crippen molar-refractivity contribution in [3.63, 3.8) is 0 Å². The van der Waals surface area contributed by atoms with Gasteiger partial charge in [0.1, 0.15) is 18.2 Å². The SMILES string of the molecule is Cc1ccccc1-c1ccc2nc(COc3ccc(C(F)(F)F)cc3)[nH]c2c1. The second kappa shape index (κ2) is 7.03. The molecule has 0 radical (unpaired) electrons. The maximum absolute atomic E-state index is 12.6. The van der Waals surface area contributed by atoms with Crippen LogP contribution in [0.2, 0.25) is 0 Å². The molecule has 4 aromatic rings. The molecule has 6 heteroatoms. The van der Waals surface area contributed by atoms with Gasteiger partial charge in [-0.25, -0.2) is 4.98 Å². The van der Waals surface area contributed by atoms with Crippen molar-refractivity contribution < 1.29 is 17.9 Å². The Balaban J connectivity index is 1.51. The number of aryl methyl sites for hydroxylation is 1. The van der Waals surface area contributed by atoms with Crippen molar-refractivity contribution in [3.8, 4) is 16.9 Å². The fourth-order valence-corrected chi connectivity index (χ4v) is 3.09. The van der Waals surface area contributed by atoms with E-state index in [1.54, 1.807) is 0 Å². The van der Waals surface area contributed by atoms with E-state index in [4.69, 9.17) is 4.74 Å². The van der Waals surface area contributed by atoms with Crippen LogP contribution in [0.4, 0.5) is 13.2 Å². The zero-order chi connectivity index (χ0) is 19.7. The number of aromatic nitrogens is 2. The molecule has 28 heavy (non-hydrogen) atoms. The summed E-state index contributed by atoms with van der Waals surface area (Å²) in [6.45, 7) is 2.20. The average Bonchev–Trinajstić information content (AvgIpc) is 3.08. The molecule has 0 aliphatic carbocycles. The monoisotopic (exact) mass is 382 g/mol. The minimum atomic E-state index is -4.36. The third kappa shape index (κ3) is 3.71. The van der Waals surface area contributed by atoms with Gasteiger partial charge in [-0.1, -0.05) is 30.3 Å². The molecule has 0 saturated carbocycles. The maximum Gasteiger partial charge on any atom is 0.416 e. The first-order valence-corrected chi connectivity index (χ1v) is 8.75. The molecular formula is C22H17F3N2O. The number of aromatic amines is 1. The molecule has 142 valence electrons. The summed E-state index contributed by atoms with van der Waals surface area (Å²) in [5.74, 6) is 0.964. The van der Waals surface area contributed by atoms with Crippen molar-refractivity contribution in [2.24, 2.45) is 0 Å². The molecule has 1 aromatic heterocycles. The van der Waals surface area contributed by atoms with E-state index in [0.29, 0.717) is 11.6 Å². The largest absolute Gasteiger partial charge is 0.486 e. The number of ether oxygens (including phenoxy) is 1. The van der Waals surface area contributed by atoms with E-state index in [1.807, 2.05) is 30.3 Å². The lowest BCUT2D eigenvalue weighted by Crippen LogP contribution is -2.04. The van der Waals surface area contributed by atoms with Crippen molar-refractivity contribution in [1.29, 1.82) is 0 Å². The molecular weight excluding hydrogens is 365 g/mol. The van der Waals surface area contributed by atoms with Crippen LogP contribution >= 0.6 is 0 Å². The van der Waals surface area contributed by atoms with Crippen LogP contribution in [0.15, 0.2) is 66.7 Å². The normalized spacial score (nSPS) is 11.7. The highest BCUT2D eigenvalue weighted by molar-refractivity contribution is 5.82. The zero-order valence-electron chi connectivity index (χ0n) is 15.0. The van der Waals surface area contributed by atoms with Gasteiger partial charge in [-0.3, -0.25) is 0 Å². The number of benzene rings is 3. The number of nitrogens with zero attached hydrogens (tertiary/aromatic N) is 1. The summed E-state index contributed by atoms with van der Waals surface area (Å²) in [7, 11) is 0. The standard InChI is InChI=1S/C22H17F3N2O/c1-14-4-2-3-5-18(14)15-6-11-19-20(12-15)27-21(26-19)13-28-17-9-7-16(8-10-17)22(23,24)25/h2-12H,13H2,1H3,(H,26,27). The van der Waals surface area contributed by atoms with Crippen LogP contribution in [0.3, 0.4) is 0 Å². The molecule has 0 bridgehead atoms. The molecule has 3 aromatic carbocycles. The lowest BCUT2D eigenvalue weighted by molar-refractivity contribution is -0.137. The molecule has 0 fully saturated rings. The van der Waals surface area contributed by atoms with Gasteiger partial charge >= 0.3 is 6.18 Å². The number of H-pyrrole nitrogens is 1. The van der Waals surface area contributed by atoms with Crippen LogP contribution in [0.25, 0.3) is 22.2 Å². The Labute approximate surface area is 159 Å². The molecule has 0 spiro atoms. The first-order chi connectivity index (χ1) is 13.4. The van der Waals surface area contributed by atoms with Gasteiger partial charge in [0.25, 0.3) is 0 Å². The van der Waals surface area contributed by atoms with Crippen LogP contribution < -0.4 is 4.74 Å². The summed E-state index contributed by atoms with van der Waals surface area (Å²) in [5, 5.41) is 0. The van der Waals surface area contributed by atoms with Gasteiger partial charge in [0, 0.05) is 0 Å². The fourth-order valence-electron chi connectivity index (χ4n) is 3.09. The molecule has 4 rings (SSSR count). The second-order valence-corrected chi connectivity index (χ2v) is 6.54. The first kappa shape index (κ1) is 18.1. The predicted octanol–water partition coefficient (Wildman–Crippen LogP) is 6.14. The average molecular weight is 382 g/mol. The summed E-state index contributed by atoms with van der Waals surface area (Å²) in [5.41, 5.74) is 4.42. The molecule has 0 amide bonds. The van der Waals surface area contributed by atoms with Gasteiger partial charge in [0.2, 0.25) is 0 Å². The van der Waals surface area contributed by atoms with Gasteiger partial charge < -0.3 is 9.72 Å². The fraction of sp³-hybridized carbons (Fsp3) is 0.136. The molecule has 0 aliphatic heterocycles. The van der Waals surface area contributed by atoms with E-state index in [9.17, 15) is 13.2 Å². The summed E-state index contributed by atoms with van der Waals surface area (Å²) < 4.78 is 43.4. The Kier molecular flexibility index (Phi) is 4.55. The molecule has 0 aliphatic rings. The minimum Gasteiger partial charge on any atom is -0.486 e. The lowest BCUT2D eigenvalue weighted by atomic mass is 10.0. The van der Waals surface area contributed by atoms with E-state index in [0.717, 1.165) is 34.3 Å². The van der Waals surface area contributed by atoms with Gasteiger partial charge in [-0.05, 0) is 60.0 Å². The number of hydrogen-bond donors (Lipinski definition) is 1. The third-order valence-corrected chi connectivity index (χ3v) is 4.54. The lowest BCUT2D eigenvalue weighted by Gasteiger charge is -2.08. The quantitative estimate of drug-likeness (QED) is 0.461. The number of fused-ring (bicyclic) bond motifs is 1. The molecule has 0 unspecified atom stereocenters. The van der Waals surface area contributed by atoms with E-state index in [2.05, 4.69) is 29.0 Å². The van der Waals surface area contributed by atoms with E-state index in [1.165, 1.54) is 17.7 Å². The van der Waals surface area contributed by atoms with Crippen LogP contribution in [-0.2, 0) is 12.8 Å². The van der Waals surface area contributed by atoms with Crippen molar-refractivity contribution >= 4 is 11.0 Å². The van der Waals surface area contributed by atoms with Crippen molar-refractivity contribution in [2.45, 2.75) is 19.7 Å². The summed E-state index contributed by atoms with van der Waals surface area (Å²) in [4.78, 5) is 7.70. The van der Waals surface area contributed by atoms with Crippen LogP contribution in [0.5, 0.6) is 5.75 Å². The first-order valence-electron chi connectivity index (χ1n) is 8.75. The summed E-state index contributed by atoms with van der Waals surface area (Å²) >= 11 is 0. The van der Waals surface area contributed by atoms with Crippen LogP contribution in [-0.4, -0.2) is 9.97 Å². The Bertz CT molecular complexity index is 1110. The molecule has 1 N–H and O–H groups in total. The van der Waals surface area contributed by atoms with Crippen LogP contribution in [0.1, 0.15) is 17.0 Å². The Morgan fingerprint density at radius 1 is 0.964 bits per heavy atom. The zero-order valence-corrected chi connectivity index (χ0v) is 15.0. The van der Waals surface area contributed by atoms with Gasteiger partial charge in [0.05, 0.1) is 16.6 Å². The Morgan fingerprint density at radius 3 is 2.43 bits per heavy atom. The summed E-state index contributed by atoms with van der Waals surface area (Å²) in [6.07, 6.45) is -4.36. The number of imidazole rings is 1. The Hall–Kier alpha value is -3.28. The maximum atomic E-state index is 12.6. The van der Waals surface area contributed by atoms with Crippen molar-refractivity contribution in [3.05, 3.63) is 83.7 Å². The Morgan fingerprint density at radius 2 is 1.71 bits per heavy atom. The van der Waals surface area contributed by atoms with Gasteiger partial charge in [-0.2, -0.15) is 13.2 Å². The number of rotatable bonds is 4. The molecule has 0 atom stereocenters. The highest BCUT2D eigenvalue weighted by Gasteiger charge is 2.30. The number of alkyl halides is 3. The van der Waals surface area contributed by atoms with Gasteiger partial charge in [0.15, 0.2) is 0 Å². The topological polar surface area (TPSA) is 37.9 Å². The van der Waals surface area contributed by atoms with Crippen LogP contribution in [0, 0.1) is 6.92 Å². The van der Waals surface area contributed by atoms with Crippen molar-refractivity contribution in [1.82, 2.24) is 9.97 Å². The van der Waals surface area contributed by atoms with E-state index in [-0.39, 0.29) is 6.61 Å². The van der Waals surface area contributed by atoms with Crippen molar-refractivity contribution in [2.75, 3.05) is 0 Å². The van der Waals surface area contributed by atoms with E-state index >= 15 is 0 Å². The number of hydrogen-bond acceptors (Lipinski definition) is 2. The van der Waals surface area contributed by atoms with Gasteiger partial charge in [-0.15, -0.1) is 0 Å². The molecule has 3 nitrogen and oxygen atoms in total. The third-order valence-electron chi connectivity index (χ3n) is 4.54. The highest BCUT2D eigenvalue weighted by Crippen LogP contribution is 2.30. The predicted molar refractivity (Wildman–Crippen MR) is 102 cm³/mol. The van der Waals surface area contributed by atoms with E-state index < -0.39 is 11.7 Å². The minimum absolute atomic E-state index is 0.139. The molecule has 1 heterocycles. The number of halogens is 3. The second-order valence-electron chi connectivity index (χ2n) is 6.54. The smallest absolute Gasteiger partial charge is 0.416 e. The number of nitrogens with one attached hydrogen (secondary N) is 1. The molecule has 0 saturated heterocycles.